The van der Waals surface area contributed by atoms with Gasteiger partial charge in [-0.25, -0.2) is 4.79 Å². The Labute approximate surface area is 192 Å². The Morgan fingerprint density at radius 3 is 2.45 bits per heavy atom. The van der Waals surface area contributed by atoms with Crippen LogP contribution in [0.15, 0.2) is 48.5 Å². The predicted molar refractivity (Wildman–Crippen MR) is 119 cm³/mol. The van der Waals surface area contributed by atoms with Crippen LogP contribution in [0.25, 0.3) is 0 Å². The van der Waals surface area contributed by atoms with Crippen molar-refractivity contribution in [2.24, 2.45) is 0 Å². The van der Waals surface area contributed by atoms with Crippen molar-refractivity contribution in [2.75, 3.05) is 46.6 Å². The molecule has 0 saturated carbocycles. The van der Waals surface area contributed by atoms with E-state index < -0.39 is 18.5 Å². The van der Waals surface area contributed by atoms with Crippen molar-refractivity contribution in [1.29, 1.82) is 0 Å². The molecule has 2 aromatic carbocycles. The number of nitrogens with zero attached hydrogens (tertiary/aromatic N) is 1. The number of carbonyl (C=O) groups is 3. The SMILES string of the molecule is COc1cc(C(=O)OCC(=O)NC(C)c2ccccc2)ccc1OCC(=O)N1CCOCC1. The largest absolute Gasteiger partial charge is 0.493 e. The zero-order valence-corrected chi connectivity index (χ0v) is 18.7. The minimum absolute atomic E-state index is 0.153. The fourth-order valence-electron chi connectivity index (χ4n) is 3.28. The van der Waals surface area contributed by atoms with Gasteiger partial charge >= 0.3 is 5.97 Å². The molecule has 1 saturated heterocycles. The summed E-state index contributed by atoms with van der Waals surface area (Å²) in [5.41, 5.74) is 1.15. The van der Waals surface area contributed by atoms with E-state index in [0.717, 1.165) is 5.56 Å². The number of hydrogen-bond donors (Lipinski definition) is 1. The van der Waals surface area contributed by atoms with Gasteiger partial charge in [0.25, 0.3) is 11.8 Å². The van der Waals surface area contributed by atoms with Crippen LogP contribution in [0.5, 0.6) is 11.5 Å². The van der Waals surface area contributed by atoms with Crippen LogP contribution in [-0.2, 0) is 19.1 Å². The average molecular weight is 456 g/mol. The van der Waals surface area contributed by atoms with Crippen LogP contribution in [0.2, 0.25) is 0 Å². The Hall–Kier alpha value is -3.59. The first-order valence-corrected chi connectivity index (χ1v) is 10.7. The van der Waals surface area contributed by atoms with Crippen molar-refractivity contribution in [3.05, 3.63) is 59.7 Å². The molecule has 176 valence electrons. The Balaban J connectivity index is 1.50. The molecule has 0 radical (unpaired) electrons. The van der Waals surface area contributed by atoms with Gasteiger partial charge in [-0.1, -0.05) is 30.3 Å². The maximum Gasteiger partial charge on any atom is 0.338 e. The van der Waals surface area contributed by atoms with E-state index in [1.165, 1.54) is 25.3 Å². The molecule has 0 aromatic heterocycles. The lowest BCUT2D eigenvalue weighted by atomic mass is 10.1. The van der Waals surface area contributed by atoms with Crippen molar-refractivity contribution in [3.8, 4) is 11.5 Å². The van der Waals surface area contributed by atoms with Crippen LogP contribution in [0.1, 0.15) is 28.9 Å². The van der Waals surface area contributed by atoms with E-state index in [0.29, 0.717) is 32.1 Å². The second kappa shape index (κ2) is 11.9. The molecule has 1 unspecified atom stereocenters. The van der Waals surface area contributed by atoms with Gasteiger partial charge < -0.3 is 29.2 Å². The first-order valence-electron chi connectivity index (χ1n) is 10.7. The number of esters is 1. The van der Waals surface area contributed by atoms with E-state index >= 15 is 0 Å². The number of rotatable bonds is 9. The highest BCUT2D eigenvalue weighted by Gasteiger charge is 2.19. The molecule has 1 N–H and O–H groups in total. The highest BCUT2D eigenvalue weighted by atomic mass is 16.5. The molecule has 0 spiro atoms. The summed E-state index contributed by atoms with van der Waals surface area (Å²) >= 11 is 0. The van der Waals surface area contributed by atoms with Crippen molar-refractivity contribution < 1.29 is 33.3 Å². The minimum Gasteiger partial charge on any atom is -0.493 e. The summed E-state index contributed by atoms with van der Waals surface area (Å²) in [6.45, 7) is 3.36. The second-order valence-corrected chi connectivity index (χ2v) is 7.42. The summed E-state index contributed by atoms with van der Waals surface area (Å²) < 4.78 is 21.2. The van der Waals surface area contributed by atoms with Gasteiger partial charge in [0.05, 0.1) is 31.9 Å². The maximum atomic E-state index is 12.4. The van der Waals surface area contributed by atoms with Crippen molar-refractivity contribution >= 4 is 17.8 Å². The molecule has 3 rings (SSSR count). The van der Waals surface area contributed by atoms with Crippen LogP contribution >= 0.6 is 0 Å². The Kier molecular flexibility index (Phi) is 8.65. The fraction of sp³-hybridized carbons (Fsp3) is 0.375. The number of benzene rings is 2. The second-order valence-electron chi connectivity index (χ2n) is 7.42. The summed E-state index contributed by atoms with van der Waals surface area (Å²) in [5.74, 6) is -0.633. The molecule has 9 nitrogen and oxygen atoms in total. The van der Waals surface area contributed by atoms with E-state index in [1.54, 1.807) is 4.90 Å². The van der Waals surface area contributed by atoms with Crippen molar-refractivity contribution in [3.63, 3.8) is 0 Å². The van der Waals surface area contributed by atoms with Gasteiger partial charge in [0.1, 0.15) is 0 Å². The topological polar surface area (TPSA) is 103 Å². The number of methoxy groups -OCH3 is 1. The Bertz CT molecular complexity index is 959. The van der Waals surface area contributed by atoms with E-state index in [-0.39, 0.29) is 29.9 Å². The van der Waals surface area contributed by atoms with Gasteiger partial charge in [-0.15, -0.1) is 0 Å². The number of carbonyl (C=O) groups excluding carboxylic acids is 3. The molecule has 1 atom stereocenters. The van der Waals surface area contributed by atoms with Crippen molar-refractivity contribution in [2.45, 2.75) is 13.0 Å². The average Bonchev–Trinajstić information content (AvgIpc) is 2.86. The smallest absolute Gasteiger partial charge is 0.338 e. The van der Waals surface area contributed by atoms with Crippen LogP contribution in [0, 0.1) is 0 Å². The highest BCUT2D eigenvalue weighted by Crippen LogP contribution is 2.28. The molecule has 2 amide bonds. The number of ether oxygens (including phenoxy) is 4. The summed E-state index contributed by atoms with van der Waals surface area (Å²) in [5, 5.41) is 2.78. The number of morpholine rings is 1. The molecule has 1 aliphatic heterocycles. The summed E-state index contributed by atoms with van der Waals surface area (Å²) in [4.78, 5) is 38.5. The molecule has 9 heteroatoms. The molecule has 1 aliphatic rings. The van der Waals surface area contributed by atoms with Gasteiger partial charge in [-0.2, -0.15) is 0 Å². The minimum atomic E-state index is -0.674. The summed E-state index contributed by atoms with van der Waals surface area (Å²) in [7, 11) is 1.43. The number of amides is 2. The lowest BCUT2D eigenvalue weighted by Gasteiger charge is -2.26. The predicted octanol–water partition coefficient (Wildman–Crippen LogP) is 1.97. The molecule has 33 heavy (non-hydrogen) atoms. The third kappa shape index (κ3) is 6.95. The van der Waals surface area contributed by atoms with Crippen LogP contribution in [-0.4, -0.2) is 69.3 Å². The zero-order chi connectivity index (χ0) is 23.6. The van der Waals surface area contributed by atoms with Crippen molar-refractivity contribution in [1.82, 2.24) is 10.2 Å². The Morgan fingerprint density at radius 2 is 1.76 bits per heavy atom. The summed E-state index contributed by atoms with van der Waals surface area (Å²) in [6, 6.07) is 13.7. The van der Waals surface area contributed by atoms with Crippen LogP contribution in [0.4, 0.5) is 0 Å². The third-order valence-corrected chi connectivity index (χ3v) is 5.13. The molecular formula is C24H28N2O7. The van der Waals surface area contributed by atoms with Gasteiger partial charge in [-0.3, -0.25) is 9.59 Å². The van der Waals surface area contributed by atoms with Gasteiger partial charge in [0.2, 0.25) is 0 Å². The molecule has 1 heterocycles. The zero-order valence-electron chi connectivity index (χ0n) is 18.7. The highest BCUT2D eigenvalue weighted by molar-refractivity contribution is 5.92. The monoisotopic (exact) mass is 456 g/mol. The lowest BCUT2D eigenvalue weighted by molar-refractivity contribution is -0.137. The first-order chi connectivity index (χ1) is 16.0. The van der Waals surface area contributed by atoms with Gasteiger partial charge in [0.15, 0.2) is 24.7 Å². The Morgan fingerprint density at radius 1 is 1.03 bits per heavy atom. The van der Waals surface area contributed by atoms with E-state index in [4.69, 9.17) is 18.9 Å². The molecular weight excluding hydrogens is 428 g/mol. The van der Waals surface area contributed by atoms with E-state index in [9.17, 15) is 14.4 Å². The molecule has 0 aliphatic carbocycles. The van der Waals surface area contributed by atoms with Crippen LogP contribution in [0.3, 0.4) is 0 Å². The molecule has 0 bridgehead atoms. The fourth-order valence-corrected chi connectivity index (χ4v) is 3.28. The van der Waals surface area contributed by atoms with Gasteiger partial charge in [0, 0.05) is 13.1 Å². The maximum absolute atomic E-state index is 12.4. The quantitative estimate of drug-likeness (QED) is 0.576. The first kappa shape index (κ1) is 24.1. The molecule has 1 fully saturated rings. The number of nitrogens with one attached hydrogen (secondary N) is 1. The van der Waals surface area contributed by atoms with Gasteiger partial charge in [-0.05, 0) is 30.7 Å². The van der Waals surface area contributed by atoms with Crippen LogP contribution < -0.4 is 14.8 Å². The number of hydrogen-bond acceptors (Lipinski definition) is 7. The standard InChI is InChI=1S/C24H28N2O7/c1-17(18-6-4-3-5-7-18)25-22(27)15-33-24(29)19-8-9-20(21(14-19)30-2)32-16-23(28)26-10-12-31-13-11-26/h3-9,14,17H,10-13,15-16H2,1-2H3,(H,25,27). The third-order valence-electron chi connectivity index (χ3n) is 5.13. The van der Waals surface area contributed by atoms with E-state index in [1.807, 2.05) is 37.3 Å². The normalized spacial score (nSPS) is 14.2. The lowest BCUT2D eigenvalue weighted by Crippen LogP contribution is -2.43. The molecule has 2 aromatic rings. The summed E-state index contributed by atoms with van der Waals surface area (Å²) in [6.07, 6.45) is 0. The van der Waals surface area contributed by atoms with E-state index in [2.05, 4.69) is 5.32 Å².